The molecule has 0 atom stereocenters. The first-order valence-electron chi connectivity index (χ1n) is 6.00. The summed E-state index contributed by atoms with van der Waals surface area (Å²) in [7, 11) is 0. The average Bonchev–Trinajstić information content (AvgIpc) is 2.38. The third-order valence-electron chi connectivity index (χ3n) is 2.83. The third-order valence-corrected chi connectivity index (χ3v) is 2.83. The van der Waals surface area contributed by atoms with Gasteiger partial charge in [0.1, 0.15) is 0 Å². The summed E-state index contributed by atoms with van der Waals surface area (Å²) >= 11 is 0. The quantitative estimate of drug-likeness (QED) is 0.715. The number of rotatable bonds is 4. The minimum atomic E-state index is -0.437. The van der Waals surface area contributed by atoms with Gasteiger partial charge >= 0.3 is 0 Å². The van der Waals surface area contributed by atoms with E-state index in [1.54, 1.807) is 12.3 Å². The molecule has 2 rings (SSSR count). The van der Waals surface area contributed by atoms with Crippen molar-refractivity contribution in [1.82, 2.24) is 4.98 Å². The molecule has 0 fully saturated rings. The Morgan fingerprint density at radius 2 is 1.71 bits per heavy atom. The molecular weight excluding hydrogens is 213 g/mol. The van der Waals surface area contributed by atoms with Gasteiger partial charge in [0.15, 0.2) is 0 Å². The van der Waals surface area contributed by atoms with E-state index in [-0.39, 0.29) is 0 Å². The molecule has 0 amide bonds. The maximum atomic E-state index is 12.7. The van der Waals surface area contributed by atoms with Crippen LogP contribution in [0.1, 0.15) is 25.3 Å². The van der Waals surface area contributed by atoms with Crippen LogP contribution < -0.4 is 0 Å². The fourth-order valence-corrected chi connectivity index (χ4v) is 1.79. The van der Waals surface area contributed by atoms with Crippen molar-refractivity contribution in [3.8, 4) is 11.1 Å². The first-order valence-corrected chi connectivity index (χ1v) is 6.00. The summed E-state index contributed by atoms with van der Waals surface area (Å²) in [6.07, 6.45) is 5.12. The number of unbranched alkanes of at least 4 members (excludes halogenated alkanes) is 1. The summed E-state index contributed by atoms with van der Waals surface area (Å²) in [4.78, 5) is 3.66. The summed E-state index contributed by atoms with van der Waals surface area (Å²) in [6, 6.07) is 11.5. The highest BCUT2D eigenvalue weighted by atomic mass is 19.1. The molecule has 0 radical (unpaired) electrons. The number of pyridine rings is 1. The molecule has 1 aromatic heterocycles. The smallest absolute Gasteiger partial charge is 0.212 e. The van der Waals surface area contributed by atoms with E-state index < -0.39 is 5.95 Å². The SMILES string of the molecule is CCCCc1ccc(-c2ccc(F)nc2)cc1. The molecule has 1 heterocycles. The molecule has 0 saturated carbocycles. The lowest BCUT2D eigenvalue weighted by atomic mass is 10.0. The molecule has 0 aliphatic rings. The van der Waals surface area contributed by atoms with E-state index in [0.717, 1.165) is 17.5 Å². The van der Waals surface area contributed by atoms with Gasteiger partial charge in [-0.2, -0.15) is 4.39 Å². The second kappa shape index (κ2) is 5.58. The van der Waals surface area contributed by atoms with E-state index in [9.17, 15) is 4.39 Å². The van der Waals surface area contributed by atoms with Gasteiger partial charge in [-0.3, -0.25) is 0 Å². The largest absolute Gasteiger partial charge is 0.228 e. The number of halogens is 1. The van der Waals surface area contributed by atoms with Crippen LogP contribution in [0.3, 0.4) is 0 Å². The van der Waals surface area contributed by atoms with E-state index in [1.807, 2.05) is 0 Å². The van der Waals surface area contributed by atoms with Crippen molar-refractivity contribution in [2.24, 2.45) is 0 Å². The van der Waals surface area contributed by atoms with Crippen LogP contribution in [0, 0.1) is 5.95 Å². The van der Waals surface area contributed by atoms with Crippen LogP contribution in [0.15, 0.2) is 42.6 Å². The van der Waals surface area contributed by atoms with Gasteiger partial charge in [0.25, 0.3) is 0 Å². The molecule has 0 saturated heterocycles. The van der Waals surface area contributed by atoms with Crippen LogP contribution >= 0.6 is 0 Å². The Morgan fingerprint density at radius 1 is 1.00 bits per heavy atom. The molecule has 1 nitrogen and oxygen atoms in total. The summed E-state index contributed by atoms with van der Waals surface area (Å²) in [5, 5.41) is 0. The number of nitrogens with zero attached hydrogens (tertiary/aromatic N) is 1. The van der Waals surface area contributed by atoms with Crippen molar-refractivity contribution in [2.75, 3.05) is 0 Å². The van der Waals surface area contributed by atoms with Gasteiger partial charge in [-0.1, -0.05) is 37.6 Å². The zero-order valence-electron chi connectivity index (χ0n) is 9.99. The average molecular weight is 229 g/mol. The molecule has 0 bridgehead atoms. The fraction of sp³-hybridized carbons (Fsp3) is 0.267. The minimum absolute atomic E-state index is 0.437. The van der Waals surface area contributed by atoms with Crippen LogP contribution in [0.2, 0.25) is 0 Å². The summed E-state index contributed by atoms with van der Waals surface area (Å²) < 4.78 is 12.7. The highest BCUT2D eigenvalue weighted by Crippen LogP contribution is 2.19. The molecule has 0 N–H and O–H groups in total. The van der Waals surface area contributed by atoms with E-state index in [0.29, 0.717) is 0 Å². The highest BCUT2D eigenvalue weighted by molar-refractivity contribution is 5.62. The van der Waals surface area contributed by atoms with E-state index in [4.69, 9.17) is 0 Å². The number of benzene rings is 1. The van der Waals surface area contributed by atoms with Crippen molar-refractivity contribution >= 4 is 0 Å². The van der Waals surface area contributed by atoms with Gasteiger partial charge in [0, 0.05) is 11.8 Å². The number of hydrogen-bond acceptors (Lipinski definition) is 1. The van der Waals surface area contributed by atoms with Crippen molar-refractivity contribution in [1.29, 1.82) is 0 Å². The lowest BCUT2D eigenvalue weighted by molar-refractivity contribution is 0.584. The maximum absolute atomic E-state index is 12.7. The van der Waals surface area contributed by atoms with Crippen molar-refractivity contribution < 1.29 is 4.39 Å². The van der Waals surface area contributed by atoms with E-state index in [1.165, 1.54) is 24.5 Å². The molecule has 0 aliphatic carbocycles. The Bertz CT molecular complexity index is 459. The molecular formula is C15H16FN. The second-order valence-corrected chi connectivity index (χ2v) is 4.17. The number of aryl methyl sites for hydroxylation is 1. The number of hydrogen-bond donors (Lipinski definition) is 0. The van der Waals surface area contributed by atoms with Crippen molar-refractivity contribution in [3.05, 3.63) is 54.1 Å². The van der Waals surface area contributed by atoms with Gasteiger partial charge in [0.2, 0.25) is 5.95 Å². The van der Waals surface area contributed by atoms with E-state index >= 15 is 0 Å². The fourth-order valence-electron chi connectivity index (χ4n) is 1.79. The minimum Gasteiger partial charge on any atom is -0.228 e. The molecule has 2 heteroatoms. The predicted molar refractivity (Wildman–Crippen MR) is 68.2 cm³/mol. The Kier molecular flexibility index (Phi) is 3.86. The first kappa shape index (κ1) is 11.8. The summed E-state index contributed by atoms with van der Waals surface area (Å²) in [5.74, 6) is -0.437. The van der Waals surface area contributed by atoms with Crippen LogP contribution in [-0.2, 0) is 6.42 Å². The summed E-state index contributed by atoms with van der Waals surface area (Å²) in [6.45, 7) is 2.19. The van der Waals surface area contributed by atoms with E-state index in [2.05, 4.69) is 36.2 Å². The van der Waals surface area contributed by atoms with Crippen LogP contribution in [0.25, 0.3) is 11.1 Å². The first-order chi connectivity index (χ1) is 8.29. The van der Waals surface area contributed by atoms with Crippen LogP contribution in [0.4, 0.5) is 4.39 Å². The molecule has 17 heavy (non-hydrogen) atoms. The molecule has 88 valence electrons. The highest BCUT2D eigenvalue weighted by Gasteiger charge is 1.99. The Balaban J connectivity index is 2.14. The Hall–Kier alpha value is -1.70. The predicted octanol–water partition coefficient (Wildman–Crippen LogP) is 4.23. The lowest BCUT2D eigenvalue weighted by Gasteiger charge is -2.03. The van der Waals surface area contributed by atoms with Gasteiger partial charge in [-0.05, 0) is 36.1 Å². The van der Waals surface area contributed by atoms with Gasteiger partial charge in [-0.15, -0.1) is 0 Å². The van der Waals surface area contributed by atoms with Gasteiger partial charge < -0.3 is 0 Å². The molecule has 0 aliphatic heterocycles. The van der Waals surface area contributed by atoms with Crippen LogP contribution in [-0.4, -0.2) is 4.98 Å². The Labute approximate surface area is 101 Å². The van der Waals surface area contributed by atoms with Gasteiger partial charge in [0.05, 0.1) is 0 Å². The van der Waals surface area contributed by atoms with Crippen LogP contribution in [0.5, 0.6) is 0 Å². The maximum Gasteiger partial charge on any atom is 0.212 e. The second-order valence-electron chi connectivity index (χ2n) is 4.17. The normalized spacial score (nSPS) is 10.5. The lowest BCUT2D eigenvalue weighted by Crippen LogP contribution is -1.86. The third kappa shape index (κ3) is 3.13. The zero-order valence-corrected chi connectivity index (χ0v) is 9.99. The Morgan fingerprint density at radius 3 is 2.29 bits per heavy atom. The number of aromatic nitrogens is 1. The molecule has 0 spiro atoms. The van der Waals surface area contributed by atoms with Crippen molar-refractivity contribution in [3.63, 3.8) is 0 Å². The molecule has 2 aromatic rings. The monoisotopic (exact) mass is 229 g/mol. The topological polar surface area (TPSA) is 12.9 Å². The van der Waals surface area contributed by atoms with Crippen molar-refractivity contribution in [2.45, 2.75) is 26.2 Å². The van der Waals surface area contributed by atoms with Gasteiger partial charge in [-0.25, -0.2) is 4.98 Å². The molecule has 0 unspecified atom stereocenters. The summed E-state index contributed by atoms with van der Waals surface area (Å²) in [5.41, 5.74) is 3.39. The standard InChI is InChI=1S/C15H16FN/c1-2-3-4-12-5-7-13(8-6-12)14-9-10-15(16)17-11-14/h5-11H,2-4H2,1H3. The molecule has 1 aromatic carbocycles. The zero-order chi connectivity index (χ0) is 12.1.